The van der Waals surface area contributed by atoms with Crippen LogP contribution in [0.15, 0.2) is 6.07 Å². The first-order chi connectivity index (χ1) is 9.97. The first kappa shape index (κ1) is 19.0. The van der Waals surface area contributed by atoms with Gasteiger partial charge in [0.05, 0.1) is 0 Å². The van der Waals surface area contributed by atoms with Crippen LogP contribution < -0.4 is 5.32 Å². The summed E-state index contributed by atoms with van der Waals surface area (Å²) < 4.78 is 0. The predicted octanol–water partition coefficient (Wildman–Crippen LogP) is 4.38. The fraction of sp³-hybridized carbons (Fsp3) is 0.765. The van der Waals surface area contributed by atoms with Crippen molar-refractivity contribution in [3.8, 4) is 0 Å². The molecule has 0 fully saturated rings. The van der Waals surface area contributed by atoms with E-state index < -0.39 is 0 Å². The number of hydrogen-bond acceptors (Lipinski definition) is 4. The zero-order chi connectivity index (χ0) is 15.8. The molecule has 0 amide bonds. The number of hydrogen-bond donors (Lipinski definition) is 1. The smallest absolute Gasteiger partial charge is 0.0300 e. The Hall–Kier alpha value is -0.0300. The minimum absolute atomic E-state index is 0.682. The van der Waals surface area contributed by atoms with Gasteiger partial charge in [-0.2, -0.15) is 11.8 Å². The van der Waals surface area contributed by atoms with Crippen LogP contribution in [0, 0.1) is 12.8 Å². The minimum Gasteiger partial charge on any atom is -0.312 e. The molecule has 0 aliphatic carbocycles. The van der Waals surface area contributed by atoms with Crippen molar-refractivity contribution in [2.45, 2.75) is 53.2 Å². The fourth-order valence-corrected chi connectivity index (χ4v) is 4.36. The topological polar surface area (TPSA) is 15.3 Å². The maximum absolute atomic E-state index is 3.54. The number of nitrogens with one attached hydrogen (secondary N) is 1. The zero-order valence-corrected chi connectivity index (χ0v) is 16.2. The van der Waals surface area contributed by atoms with Gasteiger partial charge in [0.2, 0.25) is 0 Å². The second-order valence-electron chi connectivity index (χ2n) is 6.25. The molecule has 2 nitrogen and oxygen atoms in total. The Morgan fingerprint density at radius 3 is 2.67 bits per heavy atom. The summed E-state index contributed by atoms with van der Waals surface area (Å²) in [6, 6.07) is 3.08. The third-order valence-electron chi connectivity index (χ3n) is 3.80. The number of thioether (sulfide) groups is 1. The minimum atomic E-state index is 0.682. The largest absolute Gasteiger partial charge is 0.312 e. The highest BCUT2D eigenvalue weighted by Crippen LogP contribution is 2.24. The SMILES string of the molecule is CCC(CSC)N(C)Cc1cc(CNCC(C)C)sc1C. The zero-order valence-electron chi connectivity index (χ0n) is 14.5. The van der Waals surface area contributed by atoms with Gasteiger partial charge in [0.25, 0.3) is 0 Å². The second kappa shape index (κ2) is 9.88. The van der Waals surface area contributed by atoms with Crippen LogP contribution in [0.3, 0.4) is 0 Å². The Labute approximate surface area is 139 Å². The van der Waals surface area contributed by atoms with Crippen molar-refractivity contribution in [2.24, 2.45) is 5.92 Å². The predicted molar refractivity (Wildman–Crippen MR) is 99.5 cm³/mol. The molecule has 1 atom stereocenters. The molecule has 1 heterocycles. The molecule has 1 aromatic heterocycles. The molecule has 1 rings (SSSR count). The molecule has 21 heavy (non-hydrogen) atoms. The Bertz CT molecular complexity index is 401. The van der Waals surface area contributed by atoms with Gasteiger partial charge in [-0.05, 0) is 50.7 Å². The lowest BCUT2D eigenvalue weighted by Crippen LogP contribution is -2.32. The highest BCUT2D eigenvalue weighted by Gasteiger charge is 2.14. The van der Waals surface area contributed by atoms with Gasteiger partial charge in [0.1, 0.15) is 0 Å². The van der Waals surface area contributed by atoms with Gasteiger partial charge < -0.3 is 5.32 Å². The van der Waals surface area contributed by atoms with Crippen molar-refractivity contribution < 1.29 is 0 Å². The number of nitrogens with zero attached hydrogens (tertiary/aromatic N) is 1. The van der Waals surface area contributed by atoms with Crippen LogP contribution in [0.4, 0.5) is 0 Å². The van der Waals surface area contributed by atoms with Gasteiger partial charge >= 0.3 is 0 Å². The summed E-state index contributed by atoms with van der Waals surface area (Å²) in [6.45, 7) is 12.2. The van der Waals surface area contributed by atoms with Crippen molar-refractivity contribution in [1.82, 2.24) is 10.2 Å². The van der Waals surface area contributed by atoms with Crippen LogP contribution in [-0.4, -0.2) is 36.5 Å². The van der Waals surface area contributed by atoms with Crippen LogP contribution in [0.2, 0.25) is 0 Å². The molecule has 1 N–H and O–H groups in total. The summed E-state index contributed by atoms with van der Waals surface area (Å²) in [5, 5.41) is 3.54. The molecule has 0 aliphatic rings. The molecule has 122 valence electrons. The second-order valence-corrected chi connectivity index (χ2v) is 8.50. The maximum Gasteiger partial charge on any atom is 0.0300 e. The average Bonchev–Trinajstić information content (AvgIpc) is 2.75. The van der Waals surface area contributed by atoms with Crippen molar-refractivity contribution in [1.29, 1.82) is 0 Å². The van der Waals surface area contributed by atoms with E-state index in [4.69, 9.17) is 0 Å². The number of rotatable bonds is 10. The van der Waals surface area contributed by atoms with Crippen LogP contribution >= 0.6 is 23.1 Å². The third kappa shape index (κ3) is 6.72. The summed E-state index contributed by atoms with van der Waals surface area (Å²) in [5.41, 5.74) is 1.50. The van der Waals surface area contributed by atoms with Crippen molar-refractivity contribution >= 4 is 23.1 Å². The lowest BCUT2D eigenvalue weighted by Gasteiger charge is -2.26. The summed E-state index contributed by atoms with van der Waals surface area (Å²) >= 11 is 3.89. The highest BCUT2D eigenvalue weighted by molar-refractivity contribution is 7.98. The third-order valence-corrected chi connectivity index (χ3v) is 5.61. The first-order valence-electron chi connectivity index (χ1n) is 7.95. The van der Waals surface area contributed by atoms with E-state index in [0.29, 0.717) is 12.0 Å². The lowest BCUT2D eigenvalue weighted by molar-refractivity contribution is 0.248. The Balaban J connectivity index is 2.56. The normalized spacial score (nSPS) is 13.3. The molecule has 1 unspecified atom stereocenters. The van der Waals surface area contributed by atoms with E-state index in [1.165, 1.54) is 27.5 Å². The van der Waals surface area contributed by atoms with Crippen LogP contribution in [-0.2, 0) is 13.1 Å². The quantitative estimate of drug-likeness (QED) is 0.686. The van der Waals surface area contributed by atoms with Gasteiger partial charge in [0.15, 0.2) is 0 Å². The van der Waals surface area contributed by atoms with E-state index in [2.05, 4.69) is 57.3 Å². The molecular weight excluding hydrogens is 296 g/mol. The van der Waals surface area contributed by atoms with Crippen molar-refractivity contribution in [2.75, 3.05) is 25.6 Å². The van der Waals surface area contributed by atoms with E-state index in [0.717, 1.165) is 19.6 Å². The van der Waals surface area contributed by atoms with E-state index in [-0.39, 0.29) is 0 Å². The molecule has 0 radical (unpaired) electrons. The molecule has 0 saturated carbocycles. The van der Waals surface area contributed by atoms with Crippen molar-refractivity contribution in [3.05, 3.63) is 21.4 Å². The molecule has 0 spiro atoms. The van der Waals surface area contributed by atoms with Gasteiger partial charge in [-0.1, -0.05) is 20.8 Å². The summed E-state index contributed by atoms with van der Waals surface area (Å²) in [6.07, 6.45) is 3.42. The molecule has 0 saturated heterocycles. The van der Waals surface area contributed by atoms with Crippen LogP contribution in [0.25, 0.3) is 0 Å². The van der Waals surface area contributed by atoms with Gasteiger partial charge in [-0.25, -0.2) is 0 Å². The Morgan fingerprint density at radius 2 is 2.10 bits per heavy atom. The summed E-state index contributed by atoms with van der Waals surface area (Å²) in [5.74, 6) is 1.94. The molecule has 0 aliphatic heterocycles. The summed E-state index contributed by atoms with van der Waals surface area (Å²) in [7, 11) is 2.26. The Kier molecular flexibility index (Phi) is 8.95. The summed E-state index contributed by atoms with van der Waals surface area (Å²) in [4.78, 5) is 5.45. The van der Waals surface area contributed by atoms with E-state index in [9.17, 15) is 0 Å². The van der Waals surface area contributed by atoms with Gasteiger partial charge in [0, 0.05) is 34.6 Å². The monoisotopic (exact) mass is 328 g/mol. The molecular formula is C17H32N2S2. The number of aryl methyl sites for hydroxylation is 1. The first-order valence-corrected chi connectivity index (χ1v) is 10.2. The molecule has 4 heteroatoms. The highest BCUT2D eigenvalue weighted by atomic mass is 32.2. The van der Waals surface area contributed by atoms with Crippen molar-refractivity contribution in [3.63, 3.8) is 0 Å². The number of thiophene rings is 1. The Morgan fingerprint density at radius 1 is 1.38 bits per heavy atom. The van der Waals surface area contributed by atoms with Gasteiger partial charge in [-0.3, -0.25) is 4.90 Å². The molecule has 1 aromatic rings. The maximum atomic E-state index is 3.54. The average molecular weight is 329 g/mol. The van der Waals surface area contributed by atoms with Crippen LogP contribution in [0.5, 0.6) is 0 Å². The van der Waals surface area contributed by atoms with Crippen LogP contribution in [0.1, 0.15) is 42.5 Å². The van der Waals surface area contributed by atoms with E-state index in [1.54, 1.807) is 0 Å². The van der Waals surface area contributed by atoms with E-state index >= 15 is 0 Å². The standard InChI is InChI=1S/C17H32N2S2/c1-7-16(12-20-6)19(5)11-15-8-17(21-14(15)4)10-18-9-13(2)3/h8,13,16,18H,7,9-12H2,1-6H3. The lowest BCUT2D eigenvalue weighted by atomic mass is 10.2. The molecule has 0 aromatic carbocycles. The van der Waals surface area contributed by atoms with E-state index in [1.807, 2.05) is 23.1 Å². The molecule has 0 bridgehead atoms. The van der Waals surface area contributed by atoms with Gasteiger partial charge in [-0.15, -0.1) is 11.3 Å². The fourth-order valence-electron chi connectivity index (χ4n) is 2.46.